The minimum atomic E-state index is -2.00. The molecule has 2 atom stereocenters. The van der Waals surface area contributed by atoms with Crippen LogP contribution in [0.2, 0.25) is 16.6 Å². The van der Waals surface area contributed by atoms with Gasteiger partial charge in [-0.15, -0.1) is 0 Å². The van der Waals surface area contributed by atoms with Crippen LogP contribution in [0.3, 0.4) is 0 Å². The van der Waals surface area contributed by atoms with Gasteiger partial charge in [0.1, 0.15) is 12.9 Å². The van der Waals surface area contributed by atoms with Gasteiger partial charge in [0.05, 0.1) is 13.2 Å². The van der Waals surface area contributed by atoms with Gasteiger partial charge < -0.3 is 18.6 Å². The predicted octanol–water partition coefficient (Wildman–Crippen LogP) is 6.00. The molecule has 1 heterocycles. The zero-order chi connectivity index (χ0) is 22.9. The lowest BCUT2D eigenvalue weighted by Gasteiger charge is -2.43. The largest absolute Gasteiger partial charge is 0.458 e. The van der Waals surface area contributed by atoms with Crippen LogP contribution < -0.4 is 0 Å². The second-order valence-corrected chi connectivity index (χ2v) is 14.7. The second-order valence-electron chi connectivity index (χ2n) is 9.24. The molecule has 6 heteroatoms. The van der Waals surface area contributed by atoms with Crippen LogP contribution in [0.5, 0.6) is 0 Å². The van der Waals surface area contributed by atoms with Gasteiger partial charge in [-0.2, -0.15) is 0 Å². The molecule has 1 aromatic rings. The molecule has 1 aliphatic rings. The highest BCUT2D eigenvalue weighted by Crippen LogP contribution is 2.42. The molecule has 0 aliphatic carbocycles. The normalized spacial score (nSPS) is 21.3. The number of ether oxygens (including phenoxy) is 3. The Morgan fingerprint density at radius 3 is 2.19 bits per heavy atom. The lowest BCUT2D eigenvalue weighted by atomic mass is 10.1. The summed E-state index contributed by atoms with van der Waals surface area (Å²) in [7, 11) is -2.00. The summed E-state index contributed by atoms with van der Waals surface area (Å²) in [6.45, 7) is 14.5. The average Bonchev–Trinajstić information content (AvgIpc) is 2.71. The molecule has 0 aromatic heterocycles. The van der Waals surface area contributed by atoms with Crippen LogP contribution in [-0.4, -0.2) is 39.9 Å². The Hall–Kier alpha value is -1.47. The molecule has 0 N–H and O–H groups in total. The minimum Gasteiger partial charge on any atom is -0.458 e. The Labute approximate surface area is 189 Å². The summed E-state index contributed by atoms with van der Waals surface area (Å²) >= 11 is 0. The molecule has 174 valence electrons. The summed E-state index contributed by atoms with van der Waals surface area (Å²) in [5.41, 5.74) is 2.54. The van der Waals surface area contributed by atoms with Crippen LogP contribution in [0.15, 0.2) is 42.5 Å². The molecular formula is C25H40O5Si. The molecule has 0 spiro atoms. The van der Waals surface area contributed by atoms with Crippen LogP contribution in [0, 0.1) is 0 Å². The van der Waals surface area contributed by atoms with Crippen LogP contribution in [0.25, 0.3) is 0 Å². The molecule has 0 bridgehead atoms. The van der Waals surface area contributed by atoms with E-state index in [0.717, 1.165) is 5.56 Å². The summed E-state index contributed by atoms with van der Waals surface area (Å²) in [5, 5.41) is 0. The van der Waals surface area contributed by atoms with Crippen molar-refractivity contribution in [2.24, 2.45) is 0 Å². The van der Waals surface area contributed by atoms with E-state index in [0.29, 0.717) is 42.7 Å². The van der Waals surface area contributed by atoms with Crippen LogP contribution in [-0.2, 0) is 30.0 Å². The van der Waals surface area contributed by atoms with Gasteiger partial charge in [0.15, 0.2) is 6.10 Å². The number of rotatable bonds is 11. The Morgan fingerprint density at radius 1 is 0.968 bits per heavy atom. The number of cyclic esters (lactones) is 1. The summed E-state index contributed by atoms with van der Waals surface area (Å²) < 4.78 is 23.7. The van der Waals surface area contributed by atoms with E-state index in [1.165, 1.54) is 0 Å². The Balaban J connectivity index is 1.89. The summed E-state index contributed by atoms with van der Waals surface area (Å²) in [4.78, 5) is 12.7. The smallest absolute Gasteiger partial charge is 0.336 e. The number of esters is 1. The molecule has 31 heavy (non-hydrogen) atoms. The third kappa shape index (κ3) is 7.28. The molecule has 0 amide bonds. The van der Waals surface area contributed by atoms with Crippen molar-refractivity contribution < 1.29 is 23.4 Å². The second kappa shape index (κ2) is 12.5. The van der Waals surface area contributed by atoms with Crippen molar-refractivity contribution in [2.45, 2.75) is 89.8 Å². The molecular weight excluding hydrogens is 408 g/mol. The van der Waals surface area contributed by atoms with Gasteiger partial charge in [0, 0.05) is 12.8 Å². The van der Waals surface area contributed by atoms with Gasteiger partial charge in [-0.05, 0) is 22.2 Å². The fraction of sp³-hybridized carbons (Fsp3) is 0.640. The maximum absolute atomic E-state index is 12.7. The van der Waals surface area contributed by atoms with Crippen molar-refractivity contribution in [1.29, 1.82) is 0 Å². The van der Waals surface area contributed by atoms with Crippen molar-refractivity contribution in [3.05, 3.63) is 48.0 Å². The highest BCUT2D eigenvalue weighted by Gasteiger charge is 2.45. The van der Waals surface area contributed by atoms with E-state index in [-0.39, 0.29) is 18.9 Å². The minimum absolute atomic E-state index is 0.0493. The predicted molar refractivity (Wildman–Crippen MR) is 126 cm³/mol. The van der Waals surface area contributed by atoms with Crippen molar-refractivity contribution in [3.63, 3.8) is 0 Å². The van der Waals surface area contributed by atoms with Crippen LogP contribution in [0.1, 0.15) is 59.9 Å². The van der Waals surface area contributed by atoms with E-state index < -0.39 is 14.4 Å². The van der Waals surface area contributed by atoms with Gasteiger partial charge in [-0.25, -0.2) is 4.79 Å². The number of carbonyl (C=O) groups excluding carboxylic acids is 1. The highest BCUT2D eigenvalue weighted by atomic mass is 28.4. The zero-order valence-corrected chi connectivity index (χ0v) is 21.0. The topological polar surface area (TPSA) is 54.0 Å². The number of hydrogen-bond donors (Lipinski definition) is 0. The molecule has 2 rings (SSSR count). The zero-order valence-electron chi connectivity index (χ0n) is 20.0. The molecule has 5 nitrogen and oxygen atoms in total. The van der Waals surface area contributed by atoms with E-state index in [1.807, 2.05) is 36.4 Å². The van der Waals surface area contributed by atoms with E-state index in [1.54, 1.807) is 0 Å². The molecule has 1 aliphatic heterocycles. The number of hydrogen-bond acceptors (Lipinski definition) is 5. The standard InChI is InChI=1S/C25H40O5Si/c1-19(2)31(20(3)4,21(5)6)29-17-23-14-10-11-15-24(25(26)30-23)28-18-27-16-22-12-8-7-9-13-22/h7-13,19-21,23-24H,14-18H2,1-6H3/b11-10-/t23-,24-/m0/s1. The monoisotopic (exact) mass is 448 g/mol. The van der Waals surface area contributed by atoms with E-state index >= 15 is 0 Å². The first-order valence-electron chi connectivity index (χ1n) is 11.5. The number of carbonyl (C=O) groups is 1. The number of benzene rings is 1. The van der Waals surface area contributed by atoms with Crippen molar-refractivity contribution >= 4 is 14.3 Å². The lowest BCUT2D eigenvalue weighted by molar-refractivity contribution is -0.174. The molecule has 1 aromatic carbocycles. The average molecular weight is 449 g/mol. The maximum atomic E-state index is 12.7. The van der Waals surface area contributed by atoms with Crippen LogP contribution >= 0.6 is 0 Å². The fourth-order valence-corrected chi connectivity index (χ4v) is 10.2. The third-order valence-electron chi connectivity index (χ3n) is 6.15. The first kappa shape index (κ1) is 25.8. The fourth-order valence-electron chi connectivity index (χ4n) is 4.69. The van der Waals surface area contributed by atoms with Gasteiger partial charge in [-0.3, -0.25) is 0 Å². The maximum Gasteiger partial charge on any atom is 0.336 e. The van der Waals surface area contributed by atoms with Crippen molar-refractivity contribution in [2.75, 3.05) is 13.4 Å². The molecule has 0 saturated heterocycles. The highest BCUT2D eigenvalue weighted by molar-refractivity contribution is 6.77. The molecule has 0 radical (unpaired) electrons. The SMILES string of the molecule is CC(C)[Si](OC[C@@H]1C/C=C\C[C@H](OCOCc2ccccc2)C(=O)O1)(C(C)C)C(C)C. The Bertz CT molecular complexity index is 665. The molecule has 0 unspecified atom stereocenters. The van der Waals surface area contributed by atoms with Crippen molar-refractivity contribution in [3.8, 4) is 0 Å². The van der Waals surface area contributed by atoms with E-state index in [4.69, 9.17) is 18.6 Å². The lowest BCUT2D eigenvalue weighted by Crippen LogP contribution is -2.49. The van der Waals surface area contributed by atoms with Crippen molar-refractivity contribution in [1.82, 2.24) is 0 Å². The Kier molecular flexibility index (Phi) is 10.4. The summed E-state index contributed by atoms with van der Waals surface area (Å²) in [5.74, 6) is -0.341. The van der Waals surface area contributed by atoms with Gasteiger partial charge in [-0.1, -0.05) is 84.0 Å². The van der Waals surface area contributed by atoms with Crippen LogP contribution in [0.4, 0.5) is 0 Å². The van der Waals surface area contributed by atoms with Gasteiger partial charge >= 0.3 is 5.97 Å². The first-order chi connectivity index (χ1) is 14.8. The van der Waals surface area contributed by atoms with E-state index in [2.05, 4.69) is 47.6 Å². The van der Waals surface area contributed by atoms with Gasteiger partial charge in [0.2, 0.25) is 8.32 Å². The Morgan fingerprint density at radius 2 is 1.58 bits per heavy atom. The molecule has 0 saturated carbocycles. The summed E-state index contributed by atoms with van der Waals surface area (Å²) in [6, 6.07) is 9.88. The van der Waals surface area contributed by atoms with E-state index in [9.17, 15) is 4.79 Å². The quantitative estimate of drug-likeness (QED) is 0.137. The van der Waals surface area contributed by atoms with Gasteiger partial charge in [0.25, 0.3) is 0 Å². The first-order valence-corrected chi connectivity index (χ1v) is 13.6. The molecule has 0 fully saturated rings. The summed E-state index contributed by atoms with van der Waals surface area (Å²) in [6.07, 6.45) is 4.27. The third-order valence-corrected chi connectivity index (χ3v) is 12.2.